The van der Waals surface area contributed by atoms with Crippen molar-refractivity contribution in [1.29, 1.82) is 0 Å². The number of thiophene rings is 1. The van der Waals surface area contributed by atoms with Crippen LogP contribution >= 0.6 is 11.3 Å². The topological polar surface area (TPSA) is 95.9 Å². The minimum Gasteiger partial charge on any atom is -0.491 e. The van der Waals surface area contributed by atoms with E-state index in [0.29, 0.717) is 12.8 Å². The number of amides is 2. The van der Waals surface area contributed by atoms with Crippen LogP contribution in [0, 0.1) is 29.1 Å². The molecule has 0 saturated carbocycles. The number of rotatable bonds is 6. The standard InChI is InChI=1S/C25H19F5N2O5S/c1-37-21-18(28)16(17(27)19(29)20(21)30)24(34)32-7-3-5-12(9-32)14-10-38-23(15(14)25(35)36)31-22(33)11-4-2-6-13(26)8-11/h2,4,6,8,10,12H,3,5,7,9H2,1H3,(H,31,33)(H,35,36). The smallest absolute Gasteiger partial charge is 0.339 e. The predicted octanol–water partition coefficient (Wildman–Crippen LogP) is 5.42. The van der Waals surface area contributed by atoms with E-state index in [4.69, 9.17) is 0 Å². The molecule has 1 aromatic heterocycles. The highest BCUT2D eigenvalue weighted by atomic mass is 32.1. The van der Waals surface area contributed by atoms with E-state index in [9.17, 15) is 41.4 Å². The molecule has 1 unspecified atom stereocenters. The van der Waals surface area contributed by atoms with E-state index in [1.807, 2.05) is 0 Å². The van der Waals surface area contributed by atoms with Gasteiger partial charge < -0.3 is 20.1 Å². The maximum atomic E-state index is 14.7. The zero-order chi connectivity index (χ0) is 27.7. The van der Waals surface area contributed by atoms with Crippen molar-refractivity contribution in [2.75, 3.05) is 25.5 Å². The Labute approximate surface area is 216 Å². The predicted molar refractivity (Wildman–Crippen MR) is 126 cm³/mol. The molecular weight excluding hydrogens is 535 g/mol. The van der Waals surface area contributed by atoms with Crippen molar-refractivity contribution in [3.8, 4) is 5.75 Å². The molecular formula is C25H19F5N2O5S. The van der Waals surface area contributed by atoms with Crippen LogP contribution in [0.25, 0.3) is 0 Å². The molecule has 2 N–H and O–H groups in total. The second-order valence-electron chi connectivity index (χ2n) is 8.42. The van der Waals surface area contributed by atoms with Crippen molar-refractivity contribution in [1.82, 2.24) is 4.90 Å². The van der Waals surface area contributed by atoms with E-state index in [1.54, 1.807) is 0 Å². The second-order valence-corrected chi connectivity index (χ2v) is 9.30. The van der Waals surface area contributed by atoms with Gasteiger partial charge in [0.15, 0.2) is 23.2 Å². The molecule has 38 heavy (non-hydrogen) atoms. The number of ether oxygens (including phenoxy) is 1. The minimum absolute atomic E-state index is 0.0191. The van der Waals surface area contributed by atoms with Crippen LogP contribution in [-0.4, -0.2) is 48.0 Å². The van der Waals surface area contributed by atoms with Crippen LogP contribution < -0.4 is 10.1 Å². The van der Waals surface area contributed by atoms with Gasteiger partial charge in [-0.2, -0.15) is 4.39 Å². The number of carboxylic acids is 1. The van der Waals surface area contributed by atoms with Crippen molar-refractivity contribution in [3.63, 3.8) is 0 Å². The van der Waals surface area contributed by atoms with Gasteiger partial charge in [-0.05, 0) is 42.0 Å². The van der Waals surface area contributed by atoms with E-state index in [-0.39, 0.29) is 34.8 Å². The lowest BCUT2D eigenvalue weighted by Gasteiger charge is -2.33. The minimum atomic E-state index is -2.06. The van der Waals surface area contributed by atoms with Crippen LogP contribution in [0.3, 0.4) is 0 Å². The van der Waals surface area contributed by atoms with Gasteiger partial charge in [-0.3, -0.25) is 9.59 Å². The first-order chi connectivity index (χ1) is 18.0. The van der Waals surface area contributed by atoms with Gasteiger partial charge in [0.05, 0.1) is 12.7 Å². The number of anilines is 1. The van der Waals surface area contributed by atoms with Crippen LogP contribution in [-0.2, 0) is 0 Å². The van der Waals surface area contributed by atoms with Gasteiger partial charge in [-0.15, -0.1) is 11.3 Å². The monoisotopic (exact) mass is 554 g/mol. The first-order valence-electron chi connectivity index (χ1n) is 11.2. The summed E-state index contributed by atoms with van der Waals surface area (Å²) in [7, 11) is 0.832. The first-order valence-corrected chi connectivity index (χ1v) is 12.0. The lowest BCUT2D eigenvalue weighted by atomic mass is 9.89. The van der Waals surface area contributed by atoms with Crippen LogP contribution in [0.2, 0.25) is 0 Å². The number of hydrogen-bond acceptors (Lipinski definition) is 5. The number of nitrogens with one attached hydrogen (secondary N) is 1. The van der Waals surface area contributed by atoms with Crippen LogP contribution in [0.1, 0.15) is 55.4 Å². The van der Waals surface area contributed by atoms with E-state index in [1.165, 1.54) is 17.5 Å². The Bertz CT molecular complexity index is 1440. The quantitative estimate of drug-likeness (QED) is 0.241. The molecule has 2 amide bonds. The molecule has 4 rings (SSSR count). The summed E-state index contributed by atoms with van der Waals surface area (Å²) in [6.07, 6.45) is 0.699. The molecule has 2 aromatic carbocycles. The van der Waals surface area contributed by atoms with Crippen LogP contribution in [0.5, 0.6) is 5.75 Å². The summed E-state index contributed by atoms with van der Waals surface area (Å²) < 4.78 is 74.9. The lowest BCUT2D eigenvalue weighted by Crippen LogP contribution is -2.40. The number of aromatic carboxylic acids is 1. The van der Waals surface area contributed by atoms with Crippen molar-refractivity contribution >= 4 is 34.1 Å². The summed E-state index contributed by atoms with van der Waals surface area (Å²) in [5.41, 5.74) is -1.34. The third-order valence-electron chi connectivity index (χ3n) is 6.14. The summed E-state index contributed by atoms with van der Waals surface area (Å²) in [4.78, 5) is 38.7. The van der Waals surface area contributed by atoms with Crippen molar-refractivity contribution < 1.29 is 46.2 Å². The number of likely N-dealkylation sites (tertiary alicyclic amines) is 1. The van der Waals surface area contributed by atoms with Gasteiger partial charge in [0.1, 0.15) is 16.4 Å². The van der Waals surface area contributed by atoms with Gasteiger partial charge >= 0.3 is 5.97 Å². The molecule has 0 radical (unpaired) electrons. The summed E-state index contributed by atoms with van der Waals surface area (Å²) in [6.45, 7) is -0.168. The normalized spacial score (nSPS) is 15.3. The van der Waals surface area contributed by atoms with E-state index >= 15 is 0 Å². The van der Waals surface area contributed by atoms with E-state index in [0.717, 1.165) is 35.5 Å². The summed E-state index contributed by atoms with van der Waals surface area (Å²) in [5, 5.41) is 13.8. The van der Waals surface area contributed by atoms with Crippen LogP contribution in [0.4, 0.5) is 27.0 Å². The number of carbonyl (C=O) groups excluding carboxylic acids is 2. The van der Waals surface area contributed by atoms with Gasteiger partial charge in [0.2, 0.25) is 5.82 Å². The zero-order valence-electron chi connectivity index (χ0n) is 19.6. The Balaban J connectivity index is 1.62. The number of carbonyl (C=O) groups is 3. The third-order valence-corrected chi connectivity index (χ3v) is 7.05. The molecule has 0 aliphatic carbocycles. The highest BCUT2D eigenvalue weighted by Crippen LogP contribution is 2.38. The lowest BCUT2D eigenvalue weighted by molar-refractivity contribution is 0.0689. The van der Waals surface area contributed by atoms with Gasteiger partial charge in [0.25, 0.3) is 11.8 Å². The summed E-state index contributed by atoms with van der Waals surface area (Å²) >= 11 is 0.907. The highest BCUT2D eigenvalue weighted by Gasteiger charge is 2.36. The Kier molecular flexibility index (Phi) is 7.67. The first kappa shape index (κ1) is 27.0. The molecule has 0 bridgehead atoms. The molecule has 200 valence electrons. The molecule has 1 aliphatic rings. The van der Waals surface area contributed by atoms with Crippen molar-refractivity contribution in [3.05, 3.63) is 81.0 Å². The zero-order valence-corrected chi connectivity index (χ0v) is 20.4. The molecule has 2 heterocycles. The number of halogens is 5. The number of methoxy groups -OCH3 is 1. The number of nitrogens with zero attached hydrogens (tertiary/aromatic N) is 1. The van der Waals surface area contributed by atoms with Crippen LogP contribution in [0.15, 0.2) is 29.6 Å². The number of benzene rings is 2. The number of carboxylic acid groups (broad SMARTS) is 1. The Morgan fingerprint density at radius 1 is 1.05 bits per heavy atom. The molecule has 1 aliphatic heterocycles. The largest absolute Gasteiger partial charge is 0.491 e. The maximum absolute atomic E-state index is 14.7. The fraction of sp³-hybridized carbons (Fsp3) is 0.240. The van der Waals surface area contributed by atoms with Gasteiger partial charge in [0, 0.05) is 24.6 Å². The average Bonchev–Trinajstić information content (AvgIpc) is 3.31. The van der Waals surface area contributed by atoms with Crippen molar-refractivity contribution in [2.24, 2.45) is 0 Å². The van der Waals surface area contributed by atoms with E-state index in [2.05, 4.69) is 10.1 Å². The number of piperidine rings is 1. The fourth-order valence-corrected chi connectivity index (χ4v) is 5.37. The molecule has 1 saturated heterocycles. The molecule has 13 heteroatoms. The Hall–Kier alpha value is -4.00. The Morgan fingerprint density at radius 3 is 2.45 bits per heavy atom. The third kappa shape index (κ3) is 4.93. The highest BCUT2D eigenvalue weighted by molar-refractivity contribution is 7.15. The van der Waals surface area contributed by atoms with E-state index < -0.39 is 64.1 Å². The average molecular weight is 554 g/mol. The fourth-order valence-electron chi connectivity index (χ4n) is 4.34. The van der Waals surface area contributed by atoms with Gasteiger partial charge in [-0.25, -0.2) is 22.4 Å². The second kappa shape index (κ2) is 10.8. The maximum Gasteiger partial charge on any atom is 0.339 e. The molecule has 7 nitrogen and oxygen atoms in total. The number of hydrogen-bond donors (Lipinski definition) is 2. The molecule has 0 spiro atoms. The van der Waals surface area contributed by atoms with Gasteiger partial charge in [-0.1, -0.05) is 6.07 Å². The Morgan fingerprint density at radius 2 is 1.79 bits per heavy atom. The molecule has 3 aromatic rings. The summed E-state index contributed by atoms with van der Waals surface area (Å²) in [6, 6.07) is 4.81. The SMILES string of the molecule is COc1c(F)c(F)c(F)c(C(=O)N2CCCC(c3csc(NC(=O)c4cccc(F)c4)c3C(=O)O)C2)c1F. The molecule has 1 fully saturated rings. The van der Waals surface area contributed by atoms with Crippen molar-refractivity contribution in [2.45, 2.75) is 18.8 Å². The molecule has 1 atom stereocenters. The summed E-state index contributed by atoms with van der Waals surface area (Å²) in [5.74, 6) is -13.6.